The van der Waals surface area contributed by atoms with E-state index in [0.717, 1.165) is 18.6 Å². The molecule has 1 aromatic heterocycles. The Bertz CT molecular complexity index is 754. The number of hydrogen-bond acceptors (Lipinski definition) is 4. The standard InChI is InChI=1S/C18H22F3N3OS.2ClH/c1-11(2)6-14(9-22)23-16(25)8-15-10-26-17(24-15)12-4-3-5-13(7-12)18(19,20)21;;/h3-5,7,10-11,14H,6,8-9,22H2,1-2H3,(H,23,25);2*1H. The van der Waals surface area contributed by atoms with Gasteiger partial charge in [-0.2, -0.15) is 13.2 Å². The molecule has 4 nitrogen and oxygen atoms in total. The third-order valence-electron chi connectivity index (χ3n) is 3.74. The monoisotopic (exact) mass is 457 g/mol. The molecular formula is C18H24Cl2F3N3OS. The highest BCUT2D eigenvalue weighted by atomic mass is 35.5. The van der Waals surface area contributed by atoms with Gasteiger partial charge in [0, 0.05) is 23.5 Å². The molecule has 0 aliphatic rings. The minimum atomic E-state index is -4.40. The molecule has 2 aromatic rings. The van der Waals surface area contributed by atoms with E-state index in [1.807, 2.05) is 0 Å². The minimum Gasteiger partial charge on any atom is -0.352 e. The van der Waals surface area contributed by atoms with Gasteiger partial charge >= 0.3 is 6.18 Å². The maximum atomic E-state index is 12.8. The third-order valence-corrected chi connectivity index (χ3v) is 4.68. The number of halogens is 5. The molecule has 0 aliphatic heterocycles. The lowest BCUT2D eigenvalue weighted by Gasteiger charge is -2.18. The molecule has 28 heavy (non-hydrogen) atoms. The summed E-state index contributed by atoms with van der Waals surface area (Å²) >= 11 is 1.22. The first-order valence-electron chi connectivity index (χ1n) is 8.30. The van der Waals surface area contributed by atoms with Crippen molar-refractivity contribution in [3.63, 3.8) is 0 Å². The Morgan fingerprint density at radius 2 is 1.96 bits per heavy atom. The van der Waals surface area contributed by atoms with E-state index in [1.165, 1.54) is 17.4 Å². The maximum absolute atomic E-state index is 12.8. The van der Waals surface area contributed by atoms with E-state index in [4.69, 9.17) is 5.73 Å². The van der Waals surface area contributed by atoms with Gasteiger partial charge in [0.1, 0.15) is 5.01 Å². The normalized spacial score (nSPS) is 12.1. The SMILES string of the molecule is CC(C)CC(CN)NC(=O)Cc1csc(-c2cccc(C(F)(F)F)c2)n1.Cl.Cl. The van der Waals surface area contributed by atoms with Crippen molar-refractivity contribution < 1.29 is 18.0 Å². The van der Waals surface area contributed by atoms with Gasteiger partial charge in [0.05, 0.1) is 17.7 Å². The average Bonchev–Trinajstić information content (AvgIpc) is 3.01. The van der Waals surface area contributed by atoms with E-state index in [9.17, 15) is 18.0 Å². The van der Waals surface area contributed by atoms with Gasteiger partial charge < -0.3 is 11.1 Å². The van der Waals surface area contributed by atoms with Crippen molar-refractivity contribution in [3.05, 3.63) is 40.9 Å². The number of rotatable bonds is 7. The summed E-state index contributed by atoms with van der Waals surface area (Å²) in [6.07, 6.45) is -3.54. The fraction of sp³-hybridized carbons (Fsp3) is 0.444. The summed E-state index contributed by atoms with van der Waals surface area (Å²) in [5.74, 6) is 0.220. The van der Waals surface area contributed by atoms with E-state index < -0.39 is 11.7 Å². The van der Waals surface area contributed by atoms with Crippen molar-refractivity contribution in [1.82, 2.24) is 10.3 Å². The van der Waals surface area contributed by atoms with Gasteiger partial charge in [-0.25, -0.2) is 4.98 Å². The minimum absolute atomic E-state index is 0. The average molecular weight is 458 g/mol. The molecule has 0 radical (unpaired) electrons. The molecule has 1 aromatic carbocycles. The fourth-order valence-corrected chi connectivity index (χ4v) is 3.39. The van der Waals surface area contributed by atoms with E-state index in [-0.39, 0.29) is 43.2 Å². The Morgan fingerprint density at radius 1 is 1.29 bits per heavy atom. The first kappa shape index (κ1) is 26.6. The number of carbonyl (C=O) groups is 1. The second-order valence-electron chi connectivity index (χ2n) is 6.53. The van der Waals surface area contributed by atoms with Crippen LogP contribution in [-0.2, 0) is 17.4 Å². The second kappa shape index (κ2) is 11.6. The Morgan fingerprint density at radius 3 is 2.54 bits per heavy atom. The molecule has 1 unspecified atom stereocenters. The molecule has 1 amide bonds. The number of nitrogens with one attached hydrogen (secondary N) is 1. The van der Waals surface area contributed by atoms with Crippen LogP contribution in [0.1, 0.15) is 31.5 Å². The first-order chi connectivity index (χ1) is 12.2. The van der Waals surface area contributed by atoms with Gasteiger partial charge in [0.2, 0.25) is 5.91 Å². The van der Waals surface area contributed by atoms with Crippen LogP contribution in [0.15, 0.2) is 29.6 Å². The van der Waals surface area contributed by atoms with Gasteiger partial charge in [-0.3, -0.25) is 4.79 Å². The van der Waals surface area contributed by atoms with Gasteiger partial charge in [0.15, 0.2) is 0 Å². The predicted molar refractivity (Wildman–Crippen MR) is 111 cm³/mol. The van der Waals surface area contributed by atoms with Crippen LogP contribution in [0.2, 0.25) is 0 Å². The van der Waals surface area contributed by atoms with Crippen molar-refractivity contribution >= 4 is 42.1 Å². The number of thiazole rings is 1. The lowest BCUT2D eigenvalue weighted by Crippen LogP contribution is -2.41. The lowest BCUT2D eigenvalue weighted by atomic mass is 10.0. The van der Waals surface area contributed by atoms with Gasteiger partial charge in [0.25, 0.3) is 0 Å². The van der Waals surface area contributed by atoms with Crippen molar-refractivity contribution in [1.29, 1.82) is 0 Å². The number of alkyl halides is 3. The highest BCUT2D eigenvalue weighted by Gasteiger charge is 2.30. The van der Waals surface area contributed by atoms with Crippen LogP contribution in [0.3, 0.4) is 0 Å². The summed E-state index contributed by atoms with van der Waals surface area (Å²) in [7, 11) is 0. The Labute approximate surface area is 178 Å². The summed E-state index contributed by atoms with van der Waals surface area (Å²) < 4.78 is 38.5. The Balaban J connectivity index is 0.00000364. The highest BCUT2D eigenvalue weighted by Crippen LogP contribution is 2.33. The number of carbonyl (C=O) groups excluding carboxylic acids is 1. The molecule has 0 saturated carbocycles. The summed E-state index contributed by atoms with van der Waals surface area (Å²) in [6, 6.07) is 4.92. The molecule has 0 spiro atoms. The van der Waals surface area contributed by atoms with Crippen molar-refractivity contribution in [3.8, 4) is 10.6 Å². The molecule has 0 bridgehead atoms. The Kier molecular flexibility index (Phi) is 11.0. The maximum Gasteiger partial charge on any atom is 0.416 e. The molecule has 0 aliphatic carbocycles. The zero-order chi connectivity index (χ0) is 19.3. The number of benzene rings is 1. The number of nitrogens with zero attached hydrogens (tertiary/aromatic N) is 1. The largest absolute Gasteiger partial charge is 0.416 e. The van der Waals surface area contributed by atoms with Crippen molar-refractivity contribution in [2.45, 2.75) is 38.9 Å². The summed E-state index contributed by atoms with van der Waals surface area (Å²) in [5, 5.41) is 5.02. The molecule has 1 atom stereocenters. The zero-order valence-electron chi connectivity index (χ0n) is 15.5. The Hall–Kier alpha value is -1.35. The van der Waals surface area contributed by atoms with Gasteiger partial charge in [-0.05, 0) is 24.5 Å². The molecular weight excluding hydrogens is 434 g/mol. The van der Waals surface area contributed by atoms with Crippen LogP contribution in [0.4, 0.5) is 13.2 Å². The fourth-order valence-electron chi connectivity index (χ4n) is 2.58. The van der Waals surface area contributed by atoms with Crippen molar-refractivity contribution in [2.75, 3.05) is 6.54 Å². The summed E-state index contributed by atoms with van der Waals surface area (Å²) in [6.45, 7) is 4.46. The zero-order valence-corrected chi connectivity index (χ0v) is 17.9. The second-order valence-corrected chi connectivity index (χ2v) is 7.39. The lowest BCUT2D eigenvalue weighted by molar-refractivity contribution is -0.137. The highest BCUT2D eigenvalue weighted by molar-refractivity contribution is 7.13. The van der Waals surface area contributed by atoms with Crippen LogP contribution < -0.4 is 11.1 Å². The van der Waals surface area contributed by atoms with Gasteiger partial charge in [-0.1, -0.05) is 26.0 Å². The smallest absolute Gasteiger partial charge is 0.352 e. The number of nitrogens with two attached hydrogens (primary N) is 1. The van der Waals surface area contributed by atoms with E-state index >= 15 is 0 Å². The van der Waals surface area contributed by atoms with Crippen LogP contribution in [0.25, 0.3) is 10.6 Å². The quantitative estimate of drug-likeness (QED) is 0.632. The molecule has 0 fully saturated rings. The first-order valence-corrected chi connectivity index (χ1v) is 9.18. The molecule has 10 heteroatoms. The summed E-state index contributed by atoms with van der Waals surface area (Å²) in [5.41, 5.74) is 5.87. The third kappa shape index (κ3) is 7.95. The molecule has 3 N–H and O–H groups in total. The van der Waals surface area contributed by atoms with Crippen LogP contribution in [0, 0.1) is 5.92 Å². The molecule has 0 saturated heterocycles. The predicted octanol–water partition coefficient (Wildman–Crippen LogP) is 4.70. The molecule has 1 heterocycles. The van der Waals surface area contributed by atoms with E-state index in [1.54, 1.807) is 11.4 Å². The van der Waals surface area contributed by atoms with Crippen LogP contribution in [-0.4, -0.2) is 23.5 Å². The van der Waals surface area contributed by atoms with E-state index in [0.29, 0.717) is 28.7 Å². The van der Waals surface area contributed by atoms with Crippen LogP contribution >= 0.6 is 36.2 Å². The summed E-state index contributed by atoms with van der Waals surface area (Å²) in [4.78, 5) is 16.4. The van der Waals surface area contributed by atoms with E-state index in [2.05, 4.69) is 24.1 Å². The molecule has 158 valence electrons. The van der Waals surface area contributed by atoms with Crippen molar-refractivity contribution in [2.24, 2.45) is 11.7 Å². The number of aromatic nitrogens is 1. The van der Waals surface area contributed by atoms with Crippen LogP contribution in [0.5, 0.6) is 0 Å². The number of hydrogen-bond donors (Lipinski definition) is 2. The topological polar surface area (TPSA) is 68.0 Å². The van der Waals surface area contributed by atoms with Gasteiger partial charge in [-0.15, -0.1) is 36.2 Å². The molecule has 2 rings (SSSR count). The number of amides is 1.